The van der Waals surface area contributed by atoms with Crippen molar-refractivity contribution in [1.29, 1.82) is 0 Å². The number of hydrogen-bond acceptors (Lipinski definition) is 3. The Morgan fingerprint density at radius 1 is 1.15 bits per heavy atom. The fourth-order valence-electron chi connectivity index (χ4n) is 3.51. The Labute approximate surface area is 166 Å². The minimum atomic E-state index is -0.121. The standard InChI is InChI=1S/C22H26ClN3O/c1-24-22(27)21-13-20(16-26(21)15-18-10-6-3-7-11-18)25-14-19(23)12-17-8-4-2-5-9-17/h2-12,20-21,25H,13-16H2,1H3,(H,24,27)/t20-,21+/m1/s1. The van der Waals surface area contributed by atoms with Gasteiger partial charge in [0.1, 0.15) is 0 Å². The molecule has 2 atom stereocenters. The number of hydrogen-bond donors (Lipinski definition) is 2. The first-order valence-corrected chi connectivity index (χ1v) is 9.67. The van der Waals surface area contributed by atoms with Gasteiger partial charge in [-0.05, 0) is 23.6 Å². The van der Waals surface area contributed by atoms with E-state index in [1.807, 2.05) is 54.6 Å². The summed E-state index contributed by atoms with van der Waals surface area (Å²) in [6.45, 7) is 2.19. The zero-order chi connectivity index (χ0) is 19.1. The van der Waals surface area contributed by atoms with Crippen LogP contribution in [0.4, 0.5) is 0 Å². The molecule has 0 bridgehead atoms. The topological polar surface area (TPSA) is 44.4 Å². The average molecular weight is 384 g/mol. The van der Waals surface area contributed by atoms with Crippen LogP contribution in [0.1, 0.15) is 17.5 Å². The number of rotatable bonds is 7. The van der Waals surface area contributed by atoms with Gasteiger partial charge in [-0.15, -0.1) is 0 Å². The Hall–Kier alpha value is -2.14. The predicted octanol–water partition coefficient (Wildman–Crippen LogP) is 3.25. The molecule has 4 nitrogen and oxygen atoms in total. The molecule has 3 rings (SSSR count). The molecule has 2 aromatic carbocycles. The van der Waals surface area contributed by atoms with Crippen LogP contribution in [0.3, 0.4) is 0 Å². The number of likely N-dealkylation sites (N-methyl/N-ethyl adjacent to an activating group) is 1. The zero-order valence-electron chi connectivity index (χ0n) is 15.6. The van der Waals surface area contributed by atoms with Gasteiger partial charge in [0.05, 0.1) is 6.04 Å². The summed E-state index contributed by atoms with van der Waals surface area (Å²) in [4.78, 5) is 14.6. The van der Waals surface area contributed by atoms with Crippen molar-refractivity contribution in [3.63, 3.8) is 0 Å². The van der Waals surface area contributed by atoms with Gasteiger partial charge in [0.25, 0.3) is 0 Å². The quantitative estimate of drug-likeness (QED) is 0.771. The maximum atomic E-state index is 12.3. The van der Waals surface area contributed by atoms with Gasteiger partial charge < -0.3 is 10.6 Å². The van der Waals surface area contributed by atoms with E-state index < -0.39 is 0 Å². The first-order chi connectivity index (χ1) is 13.2. The minimum absolute atomic E-state index is 0.0705. The number of halogens is 1. The lowest BCUT2D eigenvalue weighted by Gasteiger charge is -2.22. The molecule has 0 unspecified atom stereocenters. The Morgan fingerprint density at radius 2 is 1.81 bits per heavy atom. The van der Waals surface area contributed by atoms with Crippen molar-refractivity contribution in [2.45, 2.75) is 25.0 Å². The second-order valence-corrected chi connectivity index (χ2v) is 7.35. The SMILES string of the molecule is CNC(=O)[C@@H]1C[C@@H](NCC(Cl)=Cc2ccccc2)CN1Cc1ccccc1. The van der Waals surface area contributed by atoms with Crippen LogP contribution in [-0.4, -0.2) is 43.0 Å². The first kappa shape index (κ1) is 19.6. The molecular weight excluding hydrogens is 358 g/mol. The van der Waals surface area contributed by atoms with E-state index in [2.05, 4.69) is 27.7 Å². The average Bonchev–Trinajstić information content (AvgIpc) is 3.10. The molecule has 1 amide bonds. The van der Waals surface area contributed by atoms with Crippen molar-refractivity contribution in [2.24, 2.45) is 0 Å². The highest BCUT2D eigenvalue weighted by atomic mass is 35.5. The maximum Gasteiger partial charge on any atom is 0.237 e. The number of nitrogens with one attached hydrogen (secondary N) is 2. The molecule has 142 valence electrons. The van der Waals surface area contributed by atoms with Crippen molar-refractivity contribution in [1.82, 2.24) is 15.5 Å². The Kier molecular flexibility index (Phi) is 7.04. The van der Waals surface area contributed by atoms with Crippen LogP contribution >= 0.6 is 11.6 Å². The maximum absolute atomic E-state index is 12.3. The van der Waals surface area contributed by atoms with Crippen LogP contribution in [-0.2, 0) is 11.3 Å². The Morgan fingerprint density at radius 3 is 2.48 bits per heavy atom. The highest BCUT2D eigenvalue weighted by Crippen LogP contribution is 2.21. The molecule has 1 heterocycles. The predicted molar refractivity (Wildman–Crippen MR) is 111 cm³/mol. The highest BCUT2D eigenvalue weighted by molar-refractivity contribution is 6.31. The fourth-order valence-corrected chi connectivity index (χ4v) is 3.71. The van der Waals surface area contributed by atoms with E-state index in [4.69, 9.17) is 11.6 Å². The van der Waals surface area contributed by atoms with Crippen LogP contribution < -0.4 is 10.6 Å². The molecule has 1 aliphatic heterocycles. The summed E-state index contributed by atoms with van der Waals surface area (Å²) in [5.74, 6) is 0.0705. The van der Waals surface area contributed by atoms with Gasteiger partial charge in [0, 0.05) is 37.8 Å². The number of benzene rings is 2. The van der Waals surface area contributed by atoms with Crippen molar-refractivity contribution in [3.05, 3.63) is 76.8 Å². The molecule has 2 aromatic rings. The normalized spacial score (nSPS) is 20.6. The van der Waals surface area contributed by atoms with Gasteiger partial charge in [-0.3, -0.25) is 9.69 Å². The third kappa shape index (κ3) is 5.67. The van der Waals surface area contributed by atoms with Crippen molar-refractivity contribution in [2.75, 3.05) is 20.1 Å². The molecule has 1 aliphatic rings. The van der Waals surface area contributed by atoms with Crippen molar-refractivity contribution < 1.29 is 4.79 Å². The lowest BCUT2D eigenvalue weighted by atomic mass is 10.1. The number of amides is 1. The number of likely N-dealkylation sites (tertiary alicyclic amines) is 1. The molecule has 0 radical (unpaired) electrons. The Bertz CT molecular complexity index is 764. The van der Waals surface area contributed by atoms with Gasteiger partial charge in [-0.25, -0.2) is 0 Å². The van der Waals surface area contributed by atoms with Crippen LogP contribution in [0.15, 0.2) is 65.7 Å². The van der Waals surface area contributed by atoms with E-state index in [0.29, 0.717) is 6.54 Å². The molecule has 2 N–H and O–H groups in total. The van der Waals surface area contributed by atoms with E-state index in [-0.39, 0.29) is 18.0 Å². The van der Waals surface area contributed by atoms with Gasteiger partial charge in [-0.2, -0.15) is 0 Å². The fraction of sp³-hybridized carbons (Fsp3) is 0.318. The largest absolute Gasteiger partial charge is 0.358 e. The number of carbonyl (C=O) groups excluding carboxylic acids is 1. The van der Waals surface area contributed by atoms with Gasteiger partial charge in [-0.1, -0.05) is 72.3 Å². The summed E-state index contributed by atoms with van der Waals surface area (Å²) in [6.07, 6.45) is 2.75. The second-order valence-electron chi connectivity index (χ2n) is 6.86. The van der Waals surface area contributed by atoms with E-state index >= 15 is 0 Å². The summed E-state index contributed by atoms with van der Waals surface area (Å²) >= 11 is 6.39. The second kappa shape index (κ2) is 9.70. The third-order valence-corrected chi connectivity index (χ3v) is 5.11. The first-order valence-electron chi connectivity index (χ1n) is 9.30. The lowest BCUT2D eigenvalue weighted by molar-refractivity contribution is -0.125. The molecule has 0 aliphatic carbocycles. The van der Waals surface area contributed by atoms with Crippen molar-refractivity contribution >= 4 is 23.6 Å². The summed E-state index contributed by atoms with van der Waals surface area (Å²) in [5.41, 5.74) is 2.30. The van der Waals surface area contributed by atoms with Crippen LogP contribution in [0, 0.1) is 0 Å². The molecular formula is C22H26ClN3O. The van der Waals surface area contributed by atoms with Gasteiger partial charge in [0.2, 0.25) is 5.91 Å². The molecule has 1 fully saturated rings. The van der Waals surface area contributed by atoms with Gasteiger partial charge >= 0.3 is 0 Å². The van der Waals surface area contributed by atoms with E-state index in [0.717, 1.165) is 30.1 Å². The van der Waals surface area contributed by atoms with E-state index in [1.54, 1.807) is 7.05 Å². The van der Waals surface area contributed by atoms with E-state index in [9.17, 15) is 4.79 Å². The number of nitrogens with zero attached hydrogens (tertiary/aromatic N) is 1. The van der Waals surface area contributed by atoms with Crippen molar-refractivity contribution in [3.8, 4) is 0 Å². The smallest absolute Gasteiger partial charge is 0.237 e. The number of carbonyl (C=O) groups is 1. The van der Waals surface area contributed by atoms with Crippen LogP contribution in [0.2, 0.25) is 0 Å². The molecule has 0 spiro atoms. The molecule has 0 saturated carbocycles. The van der Waals surface area contributed by atoms with Crippen LogP contribution in [0.25, 0.3) is 6.08 Å². The van der Waals surface area contributed by atoms with Crippen LogP contribution in [0.5, 0.6) is 0 Å². The minimum Gasteiger partial charge on any atom is -0.358 e. The summed E-state index contributed by atoms with van der Waals surface area (Å²) in [7, 11) is 1.70. The molecule has 0 aromatic heterocycles. The molecule has 1 saturated heterocycles. The molecule has 5 heteroatoms. The van der Waals surface area contributed by atoms with Gasteiger partial charge in [0.15, 0.2) is 0 Å². The summed E-state index contributed by atoms with van der Waals surface area (Å²) in [6, 6.07) is 20.4. The lowest BCUT2D eigenvalue weighted by Crippen LogP contribution is -2.41. The summed E-state index contributed by atoms with van der Waals surface area (Å²) in [5, 5.41) is 7.06. The van der Waals surface area contributed by atoms with E-state index in [1.165, 1.54) is 5.56 Å². The Balaban J connectivity index is 1.59. The third-order valence-electron chi connectivity index (χ3n) is 4.86. The zero-order valence-corrected chi connectivity index (χ0v) is 16.3. The molecule has 27 heavy (non-hydrogen) atoms. The highest BCUT2D eigenvalue weighted by Gasteiger charge is 2.35. The monoisotopic (exact) mass is 383 g/mol. The summed E-state index contributed by atoms with van der Waals surface area (Å²) < 4.78 is 0.